The Balaban J connectivity index is 2.26. The molecular formula is C11H22N2O2. The Labute approximate surface area is 91.8 Å². The molecule has 2 N–H and O–H groups in total. The fraction of sp³-hybridized carbons (Fsp3) is 0.909. The molecule has 88 valence electrons. The first-order valence-electron chi connectivity index (χ1n) is 5.80. The highest BCUT2D eigenvalue weighted by Crippen LogP contribution is 2.20. The lowest BCUT2D eigenvalue weighted by Crippen LogP contribution is -2.47. The molecule has 2 atom stereocenters. The summed E-state index contributed by atoms with van der Waals surface area (Å²) in [7, 11) is 1.75. The average Bonchev–Trinajstić information content (AvgIpc) is 2.27. The lowest BCUT2D eigenvalue weighted by molar-refractivity contribution is -0.120. The fourth-order valence-corrected chi connectivity index (χ4v) is 2.10. The van der Waals surface area contributed by atoms with Crippen molar-refractivity contribution in [2.45, 2.75) is 44.8 Å². The SMILES string of the molecule is CCNC(=O)CNC1CCCCC1OC. The summed E-state index contributed by atoms with van der Waals surface area (Å²) in [4.78, 5) is 11.3. The van der Waals surface area contributed by atoms with Crippen LogP contribution in [-0.2, 0) is 9.53 Å². The zero-order chi connectivity index (χ0) is 11.1. The molecule has 0 aromatic carbocycles. The summed E-state index contributed by atoms with van der Waals surface area (Å²) in [6.07, 6.45) is 4.94. The molecular weight excluding hydrogens is 192 g/mol. The minimum atomic E-state index is 0.0675. The number of likely N-dealkylation sites (N-methyl/N-ethyl adjacent to an activating group) is 1. The van der Waals surface area contributed by atoms with Crippen molar-refractivity contribution in [1.29, 1.82) is 0 Å². The van der Waals surface area contributed by atoms with E-state index in [-0.39, 0.29) is 12.0 Å². The predicted molar refractivity (Wildman–Crippen MR) is 59.7 cm³/mol. The van der Waals surface area contributed by atoms with Crippen molar-refractivity contribution in [1.82, 2.24) is 10.6 Å². The van der Waals surface area contributed by atoms with Crippen LogP contribution in [0.5, 0.6) is 0 Å². The van der Waals surface area contributed by atoms with Gasteiger partial charge in [-0.25, -0.2) is 0 Å². The number of ether oxygens (including phenoxy) is 1. The molecule has 0 aromatic heterocycles. The predicted octanol–water partition coefficient (Wildman–Crippen LogP) is 0.670. The largest absolute Gasteiger partial charge is 0.380 e. The summed E-state index contributed by atoms with van der Waals surface area (Å²) in [6, 6.07) is 0.339. The van der Waals surface area contributed by atoms with Crippen molar-refractivity contribution < 1.29 is 9.53 Å². The first kappa shape index (κ1) is 12.5. The molecule has 1 amide bonds. The summed E-state index contributed by atoms with van der Waals surface area (Å²) in [5.74, 6) is 0.0675. The van der Waals surface area contributed by atoms with E-state index in [0.29, 0.717) is 19.1 Å². The number of carbonyl (C=O) groups is 1. The topological polar surface area (TPSA) is 50.4 Å². The Bertz CT molecular complexity index is 197. The Morgan fingerprint density at radius 2 is 2.13 bits per heavy atom. The maximum absolute atomic E-state index is 11.3. The molecule has 1 fully saturated rings. The molecule has 0 bridgehead atoms. The monoisotopic (exact) mass is 214 g/mol. The lowest BCUT2D eigenvalue weighted by atomic mass is 9.92. The smallest absolute Gasteiger partial charge is 0.233 e. The number of carbonyl (C=O) groups excluding carboxylic acids is 1. The van der Waals surface area contributed by atoms with Crippen molar-refractivity contribution in [3.8, 4) is 0 Å². The van der Waals surface area contributed by atoms with Gasteiger partial charge in [-0.2, -0.15) is 0 Å². The van der Waals surface area contributed by atoms with Gasteiger partial charge in [-0.3, -0.25) is 4.79 Å². The molecule has 15 heavy (non-hydrogen) atoms. The summed E-state index contributed by atoms with van der Waals surface area (Å²) < 4.78 is 5.40. The Hall–Kier alpha value is -0.610. The third-order valence-electron chi connectivity index (χ3n) is 2.90. The molecule has 0 spiro atoms. The second kappa shape index (κ2) is 6.80. The van der Waals surface area contributed by atoms with Gasteiger partial charge >= 0.3 is 0 Å². The van der Waals surface area contributed by atoms with E-state index in [2.05, 4.69) is 10.6 Å². The number of rotatable bonds is 5. The molecule has 1 saturated carbocycles. The molecule has 0 saturated heterocycles. The summed E-state index contributed by atoms with van der Waals surface area (Å²) in [6.45, 7) is 3.02. The highest BCUT2D eigenvalue weighted by molar-refractivity contribution is 5.77. The van der Waals surface area contributed by atoms with Crippen LogP contribution >= 0.6 is 0 Å². The standard InChI is InChI=1S/C11H22N2O2/c1-3-12-11(14)8-13-9-6-4-5-7-10(9)15-2/h9-10,13H,3-8H2,1-2H3,(H,12,14). The minimum absolute atomic E-state index is 0.0675. The zero-order valence-corrected chi connectivity index (χ0v) is 9.71. The van der Waals surface area contributed by atoms with Crippen LogP contribution in [0.4, 0.5) is 0 Å². The van der Waals surface area contributed by atoms with E-state index in [1.807, 2.05) is 6.92 Å². The molecule has 2 unspecified atom stereocenters. The van der Waals surface area contributed by atoms with Gasteiger partial charge in [0.05, 0.1) is 12.6 Å². The number of methoxy groups -OCH3 is 1. The number of amides is 1. The van der Waals surface area contributed by atoms with Gasteiger partial charge in [0.15, 0.2) is 0 Å². The first-order chi connectivity index (χ1) is 7.27. The number of hydrogen-bond acceptors (Lipinski definition) is 3. The van der Waals surface area contributed by atoms with Crippen molar-refractivity contribution in [2.24, 2.45) is 0 Å². The second-order valence-electron chi connectivity index (χ2n) is 4.00. The second-order valence-corrected chi connectivity index (χ2v) is 4.00. The van der Waals surface area contributed by atoms with Gasteiger partial charge in [-0.05, 0) is 19.8 Å². The maximum Gasteiger partial charge on any atom is 0.233 e. The Morgan fingerprint density at radius 1 is 1.40 bits per heavy atom. The molecule has 0 aliphatic heterocycles. The van der Waals surface area contributed by atoms with E-state index < -0.39 is 0 Å². The van der Waals surface area contributed by atoms with E-state index in [9.17, 15) is 4.79 Å². The number of hydrogen-bond donors (Lipinski definition) is 2. The quantitative estimate of drug-likeness (QED) is 0.707. The highest BCUT2D eigenvalue weighted by atomic mass is 16.5. The molecule has 1 aliphatic rings. The normalized spacial score (nSPS) is 26.3. The Morgan fingerprint density at radius 3 is 2.80 bits per heavy atom. The number of nitrogens with one attached hydrogen (secondary N) is 2. The van der Waals surface area contributed by atoms with E-state index in [1.165, 1.54) is 12.8 Å². The van der Waals surface area contributed by atoms with Gasteiger partial charge in [0.2, 0.25) is 5.91 Å². The fourth-order valence-electron chi connectivity index (χ4n) is 2.10. The third kappa shape index (κ3) is 4.18. The minimum Gasteiger partial charge on any atom is -0.380 e. The van der Waals surface area contributed by atoms with E-state index in [1.54, 1.807) is 7.11 Å². The van der Waals surface area contributed by atoms with Gasteiger partial charge in [0, 0.05) is 19.7 Å². The highest BCUT2D eigenvalue weighted by Gasteiger charge is 2.24. The van der Waals surface area contributed by atoms with Gasteiger partial charge in [0.1, 0.15) is 0 Å². The van der Waals surface area contributed by atoms with Gasteiger partial charge in [-0.15, -0.1) is 0 Å². The van der Waals surface area contributed by atoms with Gasteiger partial charge in [0.25, 0.3) is 0 Å². The molecule has 4 nitrogen and oxygen atoms in total. The first-order valence-corrected chi connectivity index (χ1v) is 5.80. The van der Waals surface area contributed by atoms with Crippen LogP contribution in [0.1, 0.15) is 32.6 Å². The molecule has 0 aromatic rings. The van der Waals surface area contributed by atoms with Crippen LogP contribution in [0, 0.1) is 0 Å². The van der Waals surface area contributed by atoms with Crippen LogP contribution in [0.15, 0.2) is 0 Å². The molecule has 0 heterocycles. The average molecular weight is 214 g/mol. The van der Waals surface area contributed by atoms with Crippen LogP contribution < -0.4 is 10.6 Å². The molecule has 4 heteroatoms. The third-order valence-corrected chi connectivity index (χ3v) is 2.90. The van der Waals surface area contributed by atoms with Crippen molar-refractivity contribution in [3.05, 3.63) is 0 Å². The van der Waals surface area contributed by atoms with Crippen molar-refractivity contribution >= 4 is 5.91 Å². The van der Waals surface area contributed by atoms with Crippen molar-refractivity contribution in [3.63, 3.8) is 0 Å². The van der Waals surface area contributed by atoms with Crippen LogP contribution in [0.25, 0.3) is 0 Å². The van der Waals surface area contributed by atoms with Crippen LogP contribution in [0.3, 0.4) is 0 Å². The van der Waals surface area contributed by atoms with E-state index >= 15 is 0 Å². The summed E-state index contributed by atoms with van der Waals surface area (Å²) in [5.41, 5.74) is 0. The van der Waals surface area contributed by atoms with Gasteiger partial charge < -0.3 is 15.4 Å². The van der Waals surface area contributed by atoms with Crippen molar-refractivity contribution in [2.75, 3.05) is 20.2 Å². The lowest BCUT2D eigenvalue weighted by Gasteiger charge is -2.30. The summed E-state index contributed by atoms with van der Waals surface area (Å²) >= 11 is 0. The van der Waals surface area contributed by atoms with Crippen LogP contribution in [0.2, 0.25) is 0 Å². The summed E-state index contributed by atoms with van der Waals surface area (Å²) in [5, 5.41) is 6.05. The molecule has 1 aliphatic carbocycles. The Kier molecular flexibility index (Phi) is 5.65. The maximum atomic E-state index is 11.3. The van der Waals surface area contributed by atoms with E-state index in [0.717, 1.165) is 12.8 Å². The molecule has 0 radical (unpaired) electrons. The van der Waals surface area contributed by atoms with Crippen LogP contribution in [-0.4, -0.2) is 38.3 Å². The molecule has 1 rings (SSSR count). The van der Waals surface area contributed by atoms with E-state index in [4.69, 9.17) is 4.74 Å². The van der Waals surface area contributed by atoms with Gasteiger partial charge in [-0.1, -0.05) is 12.8 Å². The zero-order valence-electron chi connectivity index (χ0n) is 9.71.